The highest BCUT2D eigenvalue weighted by atomic mass is 35.5. The molecule has 1 aromatic heterocycles. The topological polar surface area (TPSA) is 110 Å². The summed E-state index contributed by atoms with van der Waals surface area (Å²) in [7, 11) is 1.31. The maximum Gasteiger partial charge on any atom is 0.409 e. The number of hydrogen-bond donors (Lipinski definition) is 2. The van der Waals surface area contributed by atoms with Gasteiger partial charge in [0, 0.05) is 0 Å². The Bertz CT molecular complexity index is 573. The van der Waals surface area contributed by atoms with Crippen LogP contribution in [0.5, 0.6) is 0 Å². The molecule has 0 radical (unpaired) electrons. The summed E-state index contributed by atoms with van der Waals surface area (Å²) in [6.07, 6.45) is 1.54. The highest BCUT2D eigenvalue weighted by Gasteiger charge is 2.30. The molecule has 2 N–H and O–H groups in total. The van der Waals surface area contributed by atoms with E-state index in [9.17, 15) is 20.0 Å². The third-order valence-corrected chi connectivity index (χ3v) is 3.51. The number of nitro groups is 1. The lowest BCUT2D eigenvalue weighted by Gasteiger charge is -2.17. The molecule has 104 valence electrons. The van der Waals surface area contributed by atoms with E-state index in [1.54, 1.807) is 0 Å². The lowest BCUT2D eigenvalue weighted by Crippen LogP contribution is -2.33. The van der Waals surface area contributed by atoms with Crippen molar-refractivity contribution in [3.8, 4) is 0 Å². The van der Waals surface area contributed by atoms with Gasteiger partial charge in [-0.3, -0.25) is 4.79 Å². The summed E-state index contributed by atoms with van der Waals surface area (Å²) in [5, 5.41) is 26.5. The van der Waals surface area contributed by atoms with E-state index in [2.05, 4.69) is 10.4 Å². The Morgan fingerprint density at radius 1 is 1.58 bits per heavy atom. The number of aliphatic hydroxyl groups excluding tert-OH is 1. The number of aromatic nitrogens is 2. The van der Waals surface area contributed by atoms with E-state index in [4.69, 9.17) is 11.6 Å². The van der Waals surface area contributed by atoms with E-state index in [0.29, 0.717) is 12.8 Å². The van der Waals surface area contributed by atoms with Crippen molar-refractivity contribution >= 4 is 23.1 Å². The van der Waals surface area contributed by atoms with Crippen molar-refractivity contribution in [1.82, 2.24) is 9.78 Å². The Balaban J connectivity index is 2.44. The lowest BCUT2D eigenvalue weighted by atomic mass is 10.2. The van der Waals surface area contributed by atoms with Gasteiger partial charge in [0.05, 0.1) is 24.3 Å². The molecule has 0 aliphatic heterocycles. The first-order valence-corrected chi connectivity index (χ1v) is 6.15. The number of nitrogens with one attached hydrogen (secondary N) is 1. The Hall–Kier alpha value is -1.67. The number of rotatable bonds is 3. The van der Waals surface area contributed by atoms with E-state index < -0.39 is 22.4 Å². The zero-order valence-electron chi connectivity index (χ0n) is 10.2. The van der Waals surface area contributed by atoms with Gasteiger partial charge in [-0.2, -0.15) is 0 Å². The molecule has 8 nitrogen and oxygen atoms in total. The molecule has 1 heterocycles. The quantitative estimate of drug-likeness (QED) is 0.625. The third-order valence-electron chi connectivity index (χ3n) is 3.15. The van der Waals surface area contributed by atoms with Gasteiger partial charge >= 0.3 is 11.4 Å². The number of aliphatic hydroxyl groups is 1. The van der Waals surface area contributed by atoms with Crippen LogP contribution in [0.2, 0.25) is 5.02 Å². The molecule has 0 bridgehead atoms. The van der Waals surface area contributed by atoms with Crippen LogP contribution in [0.15, 0.2) is 4.79 Å². The van der Waals surface area contributed by atoms with Crippen molar-refractivity contribution in [2.24, 2.45) is 7.05 Å². The Morgan fingerprint density at radius 3 is 2.79 bits per heavy atom. The first-order valence-electron chi connectivity index (χ1n) is 5.77. The van der Waals surface area contributed by atoms with Gasteiger partial charge in [-0.1, -0.05) is 11.6 Å². The molecule has 2 atom stereocenters. The van der Waals surface area contributed by atoms with Crippen LogP contribution in [0, 0.1) is 10.1 Å². The van der Waals surface area contributed by atoms with Gasteiger partial charge in [0.25, 0.3) is 0 Å². The molecule has 0 aromatic carbocycles. The average molecular weight is 289 g/mol. The van der Waals surface area contributed by atoms with Gasteiger partial charge in [0.15, 0.2) is 5.02 Å². The minimum absolute atomic E-state index is 0.0863. The normalized spacial score (nSPS) is 22.5. The Kier molecular flexibility index (Phi) is 3.72. The molecule has 0 amide bonds. The van der Waals surface area contributed by atoms with E-state index in [0.717, 1.165) is 11.1 Å². The first-order chi connectivity index (χ1) is 8.91. The van der Waals surface area contributed by atoms with Crippen molar-refractivity contribution in [3.63, 3.8) is 0 Å². The number of nitrogens with zero attached hydrogens (tertiary/aromatic N) is 3. The molecule has 1 fully saturated rings. The minimum atomic E-state index is -0.752. The van der Waals surface area contributed by atoms with Crippen molar-refractivity contribution in [3.05, 3.63) is 25.5 Å². The van der Waals surface area contributed by atoms with Gasteiger partial charge in [-0.05, 0) is 24.2 Å². The molecule has 0 saturated heterocycles. The number of halogens is 1. The van der Waals surface area contributed by atoms with Crippen molar-refractivity contribution in [1.29, 1.82) is 0 Å². The van der Waals surface area contributed by atoms with Crippen LogP contribution in [-0.4, -0.2) is 32.0 Å². The van der Waals surface area contributed by atoms with Gasteiger partial charge in [0.2, 0.25) is 0 Å². The fourth-order valence-corrected chi connectivity index (χ4v) is 2.38. The van der Waals surface area contributed by atoms with Crippen molar-refractivity contribution in [2.75, 3.05) is 5.32 Å². The van der Waals surface area contributed by atoms with Crippen molar-refractivity contribution < 1.29 is 10.0 Å². The van der Waals surface area contributed by atoms with Crippen LogP contribution < -0.4 is 10.9 Å². The van der Waals surface area contributed by atoms with Gasteiger partial charge in [0.1, 0.15) is 5.69 Å². The smallest absolute Gasteiger partial charge is 0.391 e. The molecular formula is C10H13ClN4O4. The summed E-state index contributed by atoms with van der Waals surface area (Å²) in [6.45, 7) is 0. The SMILES string of the molecule is Cn1nc([N+](=O)[O-])c(Cl)c(N[C@@H]2CCC[C@H]2O)c1=O. The average Bonchev–Trinajstić information content (AvgIpc) is 2.74. The molecule has 1 saturated carbocycles. The van der Waals surface area contributed by atoms with E-state index in [1.165, 1.54) is 7.05 Å². The second-order valence-electron chi connectivity index (χ2n) is 4.45. The zero-order chi connectivity index (χ0) is 14.2. The predicted molar refractivity (Wildman–Crippen MR) is 68.4 cm³/mol. The van der Waals surface area contributed by atoms with Gasteiger partial charge < -0.3 is 20.5 Å². The zero-order valence-corrected chi connectivity index (χ0v) is 10.9. The van der Waals surface area contributed by atoms with Crippen LogP contribution in [0.3, 0.4) is 0 Å². The van der Waals surface area contributed by atoms with E-state index >= 15 is 0 Å². The molecule has 2 rings (SSSR count). The summed E-state index contributed by atoms with van der Waals surface area (Å²) < 4.78 is 0.855. The first kappa shape index (κ1) is 13.8. The van der Waals surface area contributed by atoms with Crippen LogP contribution >= 0.6 is 11.6 Å². The number of aryl methyl sites for hydroxylation is 1. The maximum atomic E-state index is 11.9. The van der Waals surface area contributed by atoms with Crippen LogP contribution in [0.25, 0.3) is 0 Å². The Labute approximate surface area is 113 Å². The minimum Gasteiger partial charge on any atom is -0.391 e. The molecular weight excluding hydrogens is 276 g/mol. The molecule has 1 aliphatic carbocycles. The van der Waals surface area contributed by atoms with Gasteiger partial charge in [-0.25, -0.2) is 0 Å². The number of hydrogen-bond acceptors (Lipinski definition) is 6. The molecule has 0 spiro atoms. The highest BCUT2D eigenvalue weighted by molar-refractivity contribution is 6.34. The fraction of sp³-hybridized carbons (Fsp3) is 0.600. The highest BCUT2D eigenvalue weighted by Crippen LogP contribution is 2.29. The van der Waals surface area contributed by atoms with E-state index in [1.807, 2.05) is 0 Å². The van der Waals surface area contributed by atoms with Crippen LogP contribution in [0.1, 0.15) is 19.3 Å². The molecule has 9 heteroatoms. The molecule has 1 aliphatic rings. The van der Waals surface area contributed by atoms with E-state index in [-0.39, 0.29) is 16.8 Å². The molecule has 1 aromatic rings. The largest absolute Gasteiger partial charge is 0.409 e. The monoisotopic (exact) mass is 288 g/mol. The lowest BCUT2D eigenvalue weighted by molar-refractivity contribution is -0.390. The predicted octanol–water partition coefficient (Wildman–Crippen LogP) is 0.667. The second-order valence-corrected chi connectivity index (χ2v) is 4.83. The number of anilines is 1. The van der Waals surface area contributed by atoms with Crippen molar-refractivity contribution in [2.45, 2.75) is 31.4 Å². The standard InChI is InChI=1S/C10H13ClN4O4/c1-14-10(17)8(7(11)9(13-14)15(18)19)12-5-3-2-4-6(5)16/h5-6,12,16H,2-4H2,1H3/t5-,6-/m1/s1. The van der Waals surface area contributed by atoms with Crippen LogP contribution in [-0.2, 0) is 7.05 Å². The molecule has 0 unspecified atom stereocenters. The molecule has 19 heavy (non-hydrogen) atoms. The summed E-state index contributed by atoms with van der Waals surface area (Å²) >= 11 is 5.85. The second kappa shape index (κ2) is 5.14. The van der Waals surface area contributed by atoms with Crippen LogP contribution in [0.4, 0.5) is 11.5 Å². The van der Waals surface area contributed by atoms with Gasteiger partial charge in [-0.15, -0.1) is 4.68 Å². The third kappa shape index (κ3) is 2.54. The fourth-order valence-electron chi connectivity index (χ4n) is 2.13. The summed E-state index contributed by atoms with van der Waals surface area (Å²) in [4.78, 5) is 22.0. The summed E-state index contributed by atoms with van der Waals surface area (Å²) in [5.41, 5.74) is -0.647. The summed E-state index contributed by atoms with van der Waals surface area (Å²) in [5.74, 6) is -0.584. The maximum absolute atomic E-state index is 11.9. The Morgan fingerprint density at radius 2 is 2.26 bits per heavy atom. The summed E-state index contributed by atoms with van der Waals surface area (Å²) in [6, 6.07) is -0.327.